The molecule has 1 aliphatic rings. The fourth-order valence-corrected chi connectivity index (χ4v) is 3.27. The van der Waals surface area contributed by atoms with E-state index in [1.165, 1.54) is 17.4 Å². The first-order valence-electron chi connectivity index (χ1n) is 6.29. The molecule has 108 valence electrons. The standard InChI is InChI=1S/C13H16N2O4S/c1-3-7-19-13(18)15-6-4-5-9(15)11-14-10(12(16)17)8(2)20-11/h3,9H,1,4-7H2,2H3,(H,16,17). The fraction of sp³-hybridized carbons (Fsp3) is 0.462. The molecule has 1 aromatic rings. The first-order valence-corrected chi connectivity index (χ1v) is 7.11. The molecule has 0 aliphatic carbocycles. The lowest BCUT2D eigenvalue weighted by Gasteiger charge is -2.21. The largest absolute Gasteiger partial charge is 0.476 e. The van der Waals surface area contributed by atoms with Gasteiger partial charge in [-0.25, -0.2) is 14.6 Å². The van der Waals surface area contributed by atoms with Gasteiger partial charge < -0.3 is 9.84 Å². The number of amides is 1. The number of likely N-dealkylation sites (tertiary alicyclic amines) is 1. The van der Waals surface area contributed by atoms with Crippen molar-refractivity contribution in [3.05, 3.63) is 28.2 Å². The summed E-state index contributed by atoms with van der Waals surface area (Å²) in [4.78, 5) is 29.4. The maximum atomic E-state index is 11.9. The lowest BCUT2D eigenvalue weighted by molar-refractivity contribution is 0.0690. The topological polar surface area (TPSA) is 79.7 Å². The van der Waals surface area contributed by atoms with Gasteiger partial charge in [-0.05, 0) is 19.8 Å². The summed E-state index contributed by atoms with van der Waals surface area (Å²) in [6.07, 6.45) is 2.74. The van der Waals surface area contributed by atoms with E-state index < -0.39 is 12.1 Å². The highest BCUT2D eigenvalue weighted by atomic mass is 32.1. The van der Waals surface area contributed by atoms with Crippen LogP contribution in [0.3, 0.4) is 0 Å². The van der Waals surface area contributed by atoms with Crippen LogP contribution in [0.4, 0.5) is 4.79 Å². The number of rotatable bonds is 4. The Bertz CT molecular complexity index is 540. The second-order valence-corrected chi connectivity index (χ2v) is 5.71. The minimum atomic E-state index is -1.04. The van der Waals surface area contributed by atoms with Crippen molar-refractivity contribution in [1.29, 1.82) is 0 Å². The smallest absolute Gasteiger partial charge is 0.410 e. The second kappa shape index (κ2) is 6.04. The monoisotopic (exact) mass is 296 g/mol. The SMILES string of the molecule is C=CCOC(=O)N1CCCC1c1nc(C(=O)O)c(C)s1. The summed E-state index contributed by atoms with van der Waals surface area (Å²) in [6.45, 7) is 5.99. The minimum Gasteiger partial charge on any atom is -0.476 e. The average molecular weight is 296 g/mol. The third kappa shape index (κ3) is 2.82. The molecule has 0 radical (unpaired) electrons. The van der Waals surface area contributed by atoms with E-state index in [2.05, 4.69) is 11.6 Å². The third-order valence-corrected chi connectivity index (χ3v) is 4.18. The van der Waals surface area contributed by atoms with E-state index in [1.54, 1.807) is 11.8 Å². The molecule has 1 aliphatic heterocycles. The normalized spacial score (nSPS) is 18.1. The zero-order chi connectivity index (χ0) is 14.7. The van der Waals surface area contributed by atoms with Crippen molar-refractivity contribution >= 4 is 23.4 Å². The Labute approximate surface area is 120 Å². The van der Waals surface area contributed by atoms with Crippen molar-refractivity contribution in [1.82, 2.24) is 9.88 Å². The number of aryl methyl sites for hydroxylation is 1. The van der Waals surface area contributed by atoms with Crippen LogP contribution in [-0.4, -0.2) is 40.2 Å². The number of hydrogen-bond donors (Lipinski definition) is 1. The molecule has 1 aromatic heterocycles. The van der Waals surface area contributed by atoms with E-state index in [9.17, 15) is 9.59 Å². The first kappa shape index (κ1) is 14.5. The predicted molar refractivity (Wildman–Crippen MR) is 74.0 cm³/mol. The molecular weight excluding hydrogens is 280 g/mol. The highest BCUT2D eigenvalue weighted by Crippen LogP contribution is 2.35. The number of carbonyl (C=O) groups is 2. The van der Waals surface area contributed by atoms with Crippen LogP contribution in [0.2, 0.25) is 0 Å². The number of carboxylic acid groups (broad SMARTS) is 1. The quantitative estimate of drug-likeness (QED) is 0.864. The molecule has 1 atom stereocenters. The summed E-state index contributed by atoms with van der Waals surface area (Å²) in [5.74, 6) is -1.04. The van der Waals surface area contributed by atoms with Gasteiger partial charge in [0.05, 0.1) is 6.04 Å². The van der Waals surface area contributed by atoms with Crippen molar-refractivity contribution in [2.75, 3.05) is 13.2 Å². The number of hydrogen-bond acceptors (Lipinski definition) is 5. The van der Waals surface area contributed by atoms with Crippen molar-refractivity contribution in [2.45, 2.75) is 25.8 Å². The number of aromatic nitrogens is 1. The molecule has 0 spiro atoms. The van der Waals surface area contributed by atoms with Crippen LogP contribution in [0.1, 0.15) is 39.3 Å². The first-order chi connectivity index (χ1) is 9.54. The maximum absolute atomic E-state index is 11.9. The van der Waals surface area contributed by atoms with E-state index in [0.717, 1.165) is 12.8 Å². The molecule has 0 saturated carbocycles. The number of nitrogens with zero attached hydrogens (tertiary/aromatic N) is 2. The van der Waals surface area contributed by atoms with Gasteiger partial charge in [-0.1, -0.05) is 12.7 Å². The molecule has 1 N–H and O–H groups in total. The lowest BCUT2D eigenvalue weighted by atomic mass is 10.2. The number of carbonyl (C=O) groups excluding carboxylic acids is 1. The van der Waals surface area contributed by atoms with Gasteiger partial charge in [0.25, 0.3) is 0 Å². The Kier molecular flexibility index (Phi) is 4.39. The summed E-state index contributed by atoms with van der Waals surface area (Å²) in [7, 11) is 0. The zero-order valence-electron chi connectivity index (χ0n) is 11.2. The molecule has 2 heterocycles. The molecule has 1 amide bonds. The molecule has 0 aromatic carbocycles. The Hall–Kier alpha value is -1.89. The van der Waals surface area contributed by atoms with Gasteiger partial charge >= 0.3 is 12.1 Å². The van der Waals surface area contributed by atoms with Gasteiger partial charge in [0.15, 0.2) is 5.69 Å². The summed E-state index contributed by atoms with van der Waals surface area (Å²) >= 11 is 1.32. The summed E-state index contributed by atoms with van der Waals surface area (Å²) in [6, 6.07) is -0.191. The third-order valence-electron chi connectivity index (χ3n) is 3.11. The van der Waals surface area contributed by atoms with Crippen LogP contribution >= 0.6 is 11.3 Å². The van der Waals surface area contributed by atoms with E-state index in [4.69, 9.17) is 9.84 Å². The Morgan fingerprint density at radius 3 is 3.00 bits per heavy atom. The van der Waals surface area contributed by atoms with Crippen LogP contribution in [0.25, 0.3) is 0 Å². The van der Waals surface area contributed by atoms with Gasteiger partial charge in [0, 0.05) is 11.4 Å². The number of ether oxygens (including phenoxy) is 1. The molecule has 2 rings (SSSR count). The Morgan fingerprint density at radius 1 is 1.65 bits per heavy atom. The van der Waals surface area contributed by atoms with Gasteiger partial charge in [-0.15, -0.1) is 11.3 Å². The maximum Gasteiger partial charge on any atom is 0.410 e. The molecule has 7 heteroatoms. The van der Waals surface area contributed by atoms with Crippen molar-refractivity contribution in [3.8, 4) is 0 Å². The molecule has 1 unspecified atom stereocenters. The average Bonchev–Trinajstić information content (AvgIpc) is 3.01. The highest BCUT2D eigenvalue weighted by Gasteiger charge is 2.34. The zero-order valence-corrected chi connectivity index (χ0v) is 12.0. The molecule has 20 heavy (non-hydrogen) atoms. The van der Waals surface area contributed by atoms with E-state index in [-0.39, 0.29) is 18.3 Å². The Balaban J connectivity index is 2.18. The van der Waals surface area contributed by atoms with Crippen LogP contribution in [-0.2, 0) is 4.74 Å². The van der Waals surface area contributed by atoms with Crippen LogP contribution < -0.4 is 0 Å². The molecule has 6 nitrogen and oxygen atoms in total. The minimum absolute atomic E-state index is 0.0660. The van der Waals surface area contributed by atoms with Crippen molar-refractivity contribution in [2.24, 2.45) is 0 Å². The van der Waals surface area contributed by atoms with Crippen molar-refractivity contribution < 1.29 is 19.4 Å². The molecular formula is C13H16N2O4S. The summed E-state index contributed by atoms with van der Waals surface area (Å²) in [5, 5.41) is 9.70. The number of carboxylic acids is 1. The van der Waals surface area contributed by atoms with Crippen LogP contribution in [0.15, 0.2) is 12.7 Å². The fourth-order valence-electron chi connectivity index (χ4n) is 2.21. The molecule has 0 bridgehead atoms. The van der Waals surface area contributed by atoms with E-state index in [0.29, 0.717) is 16.4 Å². The molecule has 1 saturated heterocycles. The van der Waals surface area contributed by atoms with Crippen LogP contribution in [0.5, 0.6) is 0 Å². The predicted octanol–water partition coefficient (Wildman–Crippen LogP) is 2.61. The van der Waals surface area contributed by atoms with Gasteiger partial charge in [-0.3, -0.25) is 4.90 Å². The number of thiazole rings is 1. The van der Waals surface area contributed by atoms with Gasteiger partial charge in [-0.2, -0.15) is 0 Å². The summed E-state index contributed by atoms with van der Waals surface area (Å²) in [5.41, 5.74) is 0.0660. The lowest BCUT2D eigenvalue weighted by Crippen LogP contribution is -2.31. The number of aromatic carboxylic acids is 1. The van der Waals surface area contributed by atoms with E-state index >= 15 is 0 Å². The van der Waals surface area contributed by atoms with Gasteiger partial charge in [0.1, 0.15) is 11.6 Å². The second-order valence-electron chi connectivity index (χ2n) is 4.48. The highest BCUT2D eigenvalue weighted by molar-refractivity contribution is 7.12. The summed E-state index contributed by atoms with van der Waals surface area (Å²) < 4.78 is 5.04. The van der Waals surface area contributed by atoms with Gasteiger partial charge in [0.2, 0.25) is 0 Å². The van der Waals surface area contributed by atoms with Crippen molar-refractivity contribution in [3.63, 3.8) is 0 Å². The Morgan fingerprint density at radius 2 is 2.40 bits per heavy atom. The van der Waals surface area contributed by atoms with E-state index in [1.807, 2.05) is 0 Å². The molecule has 1 fully saturated rings. The van der Waals surface area contributed by atoms with Crippen LogP contribution in [0, 0.1) is 6.92 Å².